The molecular formula is C31H44N2O5. The van der Waals surface area contributed by atoms with Crippen molar-refractivity contribution in [3.05, 3.63) is 58.7 Å². The minimum Gasteiger partial charge on any atom is -0.459 e. The topological polar surface area (TPSA) is 77.4 Å². The third-order valence-electron chi connectivity index (χ3n) is 6.85. The van der Waals surface area contributed by atoms with E-state index in [9.17, 15) is 9.59 Å². The molecular weight excluding hydrogens is 480 g/mol. The van der Waals surface area contributed by atoms with E-state index < -0.39 is 0 Å². The second-order valence-corrected chi connectivity index (χ2v) is 10.4. The number of rotatable bonds is 7. The quantitative estimate of drug-likeness (QED) is 0.193. The molecule has 1 fully saturated rings. The Kier molecular flexibility index (Phi) is 12.1. The lowest BCUT2D eigenvalue weighted by Crippen LogP contribution is -2.37. The fourth-order valence-electron chi connectivity index (χ4n) is 4.84. The molecule has 1 aromatic rings. The molecule has 0 N–H and O–H groups in total. The fraction of sp³-hybridized carbons (Fsp3) is 0.581. The van der Waals surface area contributed by atoms with Crippen LogP contribution < -0.4 is 0 Å². The van der Waals surface area contributed by atoms with Gasteiger partial charge in [-0.2, -0.15) is 0 Å². The predicted octanol–water partition coefficient (Wildman–Crippen LogP) is 5.87. The summed E-state index contributed by atoms with van der Waals surface area (Å²) in [6, 6.07) is 3.99. The van der Waals surface area contributed by atoms with E-state index in [0.29, 0.717) is 37.1 Å². The lowest BCUT2D eigenvalue weighted by Gasteiger charge is -2.26. The zero-order chi connectivity index (χ0) is 27.3. The third kappa shape index (κ3) is 9.43. The number of unbranched alkanes of at least 4 members (excludes halogenated alkanes) is 1. The standard InChI is InChI=1S/C31H44N2O5/c1-5-6-18-36-28-14-10-12-25(4)38-31(35)30-24(3)19-23(2)20-26(30)21-27(13-11-15-28)32-37-22-29(34)33-16-8-7-9-17-33/h10-11,13-14,19-20,25,28H,5-9,12,15-18,21-22H2,1-4H3/b13-11+,14-10?,32-27+/t25-,28-/m1/s1. The molecule has 0 spiro atoms. The lowest BCUT2D eigenvalue weighted by molar-refractivity contribution is -0.137. The molecule has 3 rings (SSSR count). The highest BCUT2D eigenvalue weighted by Crippen LogP contribution is 2.22. The Balaban J connectivity index is 1.86. The lowest BCUT2D eigenvalue weighted by atomic mass is 9.95. The molecule has 38 heavy (non-hydrogen) atoms. The number of carbonyl (C=O) groups excluding carboxylic acids is 2. The number of carbonyl (C=O) groups is 2. The number of nitrogens with zero attached hydrogens (tertiary/aromatic N) is 2. The Morgan fingerprint density at radius 1 is 1.13 bits per heavy atom. The van der Waals surface area contributed by atoms with E-state index in [0.717, 1.165) is 61.9 Å². The highest BCUT2D eigenvalue weighted by atomic mass is 16.6. The molecule has 0 unspecified atom stereocenters. The number of cyclic esters (lactones) is 1. The first kappa shape index (κ1) is 29.6. The number of likely N-dealkylation sites (tertiary alicyclic amines) is 1. The summed E-state index contributed by atoms with van der Waals surface area (Å²) in [7, 11) is 0. The molecule has 1 aromatic carbocycles. The average Bonchev–Trinajstić information content (AvgIpc) is 2.88. The molecule has 7 heteroatoms. The van der Waals surface area contributed by atoms with Crippen LogP contribution in [-0.2, 0) is 25.5 Å². The van der Waals surface area contributed by atoms with Gasteiger partial charge in [0.05, 0.1) is 17.4 Å². The monoisotopic (exact) mass is 524 g/mol. The van der Waals surface area contributed by atoms with Crippen LogP contribution in [0.4, 0.5) is 0 Å². The molecule has 2 aliphatic heterocycles. The summed E-state index contributed by atoms with van der Waals surface area (Å²) in [5, 5.41) is 4.36. The van der Waals surface area contributed by atoms with Crippen LogP contribution in [0.1, 0.15) is 85.8 Å². The van der Waals surface area contributed by atoms with Crippen LogP contribution in [0.15, 0.2) is 41.6 Å². The van der Waals surface area contributed by atoms with Crippen molar-refractivity contribution in [1.82, 2.24) is 4.90 Å². The van der Waals surface area contributed by atoms with E-state index in [2.05, 4.69) is 12.1 Å². The van der Waals surface area contributed by atoms with Crippen LogP contribution in [0.2, 0.25) is 0 Å². The van der Waals surface area contributed by atoms with E-state index in [-0.39, 0.29) is 30.7 Å². The Bertz CT molecular complexity index is 1020. The summed E-state index contributed by atoms with van der Waals surface area (Å²) < 4.78 is 11.9. The first-order valence-electron chi connectivity index (χ1n) is 14.1. The van der Waals surface area contributed by atoms with Gasteiger partial charge in [0.15, 0.2) is 6.61 Å². The van der Waals surface area contributed by atoms with Gasteiger partial charge in [-0.25, -0.2) is 4.79 Å². The molecule has 7 nitrogen and oxygen atoms in total. The van der Waals surface area contributed by atoms with Gasteiger partial charge in [-0.1, -0.05) is 54.4 Å². The van der Waals surface area contributed by atoms with E-state index in [1.54, 1.807) is 0 Å². The molecule has 2 atom stereocenters. The van der Waals surface area contributed by atoms with Gasteiger partial charge in [-0.15, -0.1) is 0 Å². The van der Waals surface area contributed by atoms with Crippen molar-refractivity contribution in [1.29, 1.82) is 0 Å². The van der Waals surface area contributed by atoms with Gasteiger partial charge in [0, 0.05) is 32.5 Å². The number of piperidine rings is 1. The van der Waals surface area contributed by atoms with E-state index in [4.69, 9.17) is 14.3 Å². The average molecular weight is 525 g/mol. The molecule has 2 heterocycles. The number of aryl methyl sites for hydroxylation is 2. The van der Waals surface area contributed by atoms with Gasteiger partial charge in [0.2, 0.25) is 0 Å². The van der Waals surface area contributed by atoms with Gasteiger partial charge in [-0.05, 0) is 70.1 Å². The number of amides is 1. The number of allylic oxidation sites excluding steroid dienone is 1. The second-order valence-electron chi connectivity index (χ2n) is 10.4. The summed E-state index contributed by atoms with van der Waals surface area (Å²) >= 11 is 0. The van der Waals surface area contributed by atoms with Gasteiger partial charge in [-0.3, -0.25) is 4.79 Å². The summed E-state index contributed by atoms with van der Waals surface area (Å²) in [5.74, 6) is -0.381. The Morgan fingerprint density at radius 2 is 1.92 bits per heavy atom. The number of fused-ring (bicyclic) bond motifs is 1. The minimum absolute atomic E-state index is 0.0434. The first-order valence-corrected chi connectivity index (χ1v) is 14.1. The number of oxime groups is 1. The van der Waals surface area contributed by atoms with Crippen molar-refractivity contribution < 1.29 is 23.9 Å². The van der Waals surface area contributed by atoms with Crippen LogP contribution in [0.3, 0.4) is 0 Å². The molecule has 208 valence electrons. The zero-order valence-electron chi connectivity index (χ0n) is 23.5. The number of ether oxygens (including phenoxy) is 2. The fourth-order valence-corrected chi connectivity index (χ4v) is 4.84. The summed E-state index contributed by atoms with van der Waals surface area (Å²) in [6.45, 7) is 10.1. The van der Waals surface area contributed by atoms with Gasteiger partial charge >= 0.3 is 5.97 Å². The largest absolute Gasteiger partial charge is 0.459 e. The maximum absolute atomic E-state index is 13.2. The molecule has 0 saturated carbocycles. The van der Waals surface area contributed by atoms with Crippen molar-refractivity contribution in [3.8, 4) is 0 Å². The van der Waals surface area contributed by atoms with Crippen molar-refractivity contribution in [3.63, 3.8) is 0 Å². The van der Waals surface area contributed by atoms with Gasteiger partial charge in [0.25, 0.3) is 5.91 Å². The van der Waals surface area contributed by atoms with Crippen molar-refractivity contribution in [2.75, 3.05) is 26.3 Å². The minimum atomic E-state index is -0.337. The molecule has 0 radical (unpaired) electrons. The molecule has 1 saturated heterocycles. The summed E-state index contributed by atoms with van der Waals surface area (Å²) in [5.41, 5.74) is 3.96. The van der Waals surface area contributed by atoms with E-state index in [1.807, 2.05) is 62.1 Å². The van der Waals surface area contributed by atoms with Crippen molar-refractivity contribution in [2.45, 2.75) is 91.3 Å². The number of hydrogen-bond donors (Lipinski definition) is 0. The van der Waals surface area contributed by atoms with Crippen LogP contribution in [0.25, 0.3) is 0 Å². The Labute approximate surface area is 227 Å². The van der Waals surface area contributed by atoms with Crippen LogP contribution in [0, 0.1) is 13.8 Å². The third-order valence-corrected chi connectivity index (χ3v) is 6.85. The number of hydrogen-bond acceptors (Lipinski definition) is 6. The van der Waals surface area contributed by atoms with Crippen molar-refractivity contribution >= 4 is 17.6 Å². The molecule has 0 aromatic heterocycles. The number of benzene rings is 1. The van der Waals surface area contributed by atoms with E-state index >= 15 is 0 Å². The van der Waals surface area contributed by atoms with Crippen LogP contribution in [-0.4, -0.2) is 61.0 Å². The molecule has 0 bridgehead atoms. The van der Waals surface area contributed by atoms with Crippen LogP contribution in [0.5, 0.6) is 0 Å². The smallest absolute Gasteiger partial charge is 0.338 e. The zero-order valence-corrected chi connectivity index (χ0v) is 23.5. The summed E-state index contributed by atoms with van der Waals surface area (Å²) in [6.07, 6.45) is 14.7. The van der Waals surface area contributed by atoms with Gasteiger partial charge in [0.1, 0.15) is 6.10 Å². The Hall–Kier alpha value is -2.93. The van der Waals surface area contributed by atoms with Gasteiger partial charge < -0.3 is 19.2 Å². The highest BCUT2D eigenvalue weighted by molar-refractivity contribution is 6.00. The second kappa shape index (κ2) is 15.5. The van der Waals surface area contributed by atoms with Crippen LogP contribution >= 0.6 is 0 Å². The first-order chi connectivity index (χ1) is 18.4. The normalized spacial score (nSPS) is 22.9. The highest BCUT2D eigenvalue weighted by Gasteiger charge is 2.21. The molecule has 1 amide bonds. The SMILES string of the molecule is CCCCO[C@@H]1C=CC[C@@H](C)OC(=O)c2c(C)cc(C)cc2CC(=N/OCC(=O)N2CCCCC2)/C=C/C1. The van der Waals surface area contributed by atoms with Crippen molar-refractivity contribution in [2.24, 2.45) is 5.16 Å². The maximum Gasteiger partial charge on any atom is 0.338 e. The Morgan fingerprint density at radius 3 is 2.68 bits per heavy atom. The van der Waals surface area contributed by atoms with E-state index in [1.165, 1.54) is 0 Å². The predicted molar refractivity (Wildman–Crippen MR) is 150 cm³/mol. The number of esters is 1. The molecule has 2 aliphatic rings. The summed E-state index contributed by atoms with van der Waals surface area (Å²) in [4.78, 5) is 33.2. The maximum atomic E-state index is 13.2. The molecule has 0 aliphatic carbocycles.